The third-order valence-corrected chi connectivity index (χ3v) is 4.58. The van der Waals surface area contributed by atoms with Crippen molar-refractivity contribution in [3.8, 4) is 0 Å². The van der Waals surface area contributed by atoms with Gasteiger partial charge in [-0.25, -0.2) is 4.98 Å². The van der Waals surface area contributed by atoms with E-state index in [0.29, 0.717) is 24.3 Å². The van der Waals surface area contributed by atoms with Crippen molar-refractivity contribution in [1.29, 1.82) is 0 Å². The summed E-state index contributed by atoms with van der Waals surface area (Å²) in [6.07, 6.45) is 0. The molecule has 0 bridgehead atoms. The van der Waals surface area contributed by atoms with Gasteiger partial charge in [-0.2, -0.15) is 0 Å². The van der Waals surface area contributed by atoms with E-state index < -0.39 is 0 Å². The molecule has 2 rings (SSSR count). The van der Waals surface area contributed by atoms with Gasteiger partial charge in [0.2, 0.25) is 0 Å². The molecule has 0 aliphatic rings. The van der Waals surface area contributed by atoms with Crippen molar-refractivity contribution in [2.75, 3.05) is 13.7 Å². The Hall–Kier alpha value is -1.24. The summed E-state index contributed by atoms with van der Waals surface area (Å²) in [4.78, 5) is 21.4. The smallest absolute Gasteiger partial charge is 0.259 e. The average molecular weight is 295 g/mol. The minimum absolute atomic E-state index is 0.0559. The molecule has 0 aromatic carbocycles. The van der Waals surface area contributed by atoms with E-state index in [9.17, 15) is 4.79 Å². The number of aromatic nitrogens is 2. The highest BCUT2D eigenvalue weighted by molar-refractivity contribution is 7.18. The number of fused-ring (bicyclic) bond motifs is 1. The molecule has 0 unspecified atom stereocenters. The van der Waals surface area contributed by atoms with E-state index in [1.807, 2.05) is 27.7 Å². The number of hydrogen-bond acceptors (Lipinski definition) is 5. The maximum absolute atomic E-state index is 12.1. The lowest BCUT2D eigenvalue weighted by atomic mass is 10.1. The lowest BCUT2D eigenvalue weighted by Gasteiger charge is -2.22. The van der Waals surface area contributed by atoms with Crippen molar-refractivity contribution in [3.05, 3.63) is 26.6 Å². The number of aryl methyl sites for hydroxylation is 2. The Morgan fingerprint density at radius 1 is 1.40 bits per heavy atom. The first-order chi connectivity index (χ1) is 9.34. The molecule has 2 aromatic rings. The molecule has 0 amide bonds. The average Bonchev–Trinajstić information content (AvgIpc) is 2.65. The van der Waals surface area contributed by atoms with Gasteiger partial charge in [0.05, 0.1) is 17.5 Å². The van der Waals surface area contributed by atoms with Crippen molar-refractivity contribution in [2.45, 2.75) is 39.8 Å². The Kier molecular flexibility index (Phi) is 4.27. The van der Waals surface area contributed by atoms with Gasteiger partial charge in [0.25, 0.3) is 5.56 Å². The molecule has 2 N–H and O–H groups in total. The number of rotatable bonds is 5. The van der Waals surface area contributed by atoms with Gasteiger partial charge in [-0.1, -0.05) is 0 Å². The van der Waals surface area contributed by atoms with Crippen LogP contribution in [0.15, 0.2) is 4.79 Å². The lowest BCUT2D eigenvalue weighted by Crippen LogP contribution is -2.36. The fourth-order valence-corrected chi connectivity index (χ4v) is 2.99. The van der Waals surface area contributed by atoms with Crippen LogP contribution in [0, 0.1) is 13.8 Å². The summed E-state index contributed by atoms with van der Waals surface area (Å²) in [5.74, 6) is 0.663. The molecule has 0 saturated carbocycles. The number of methoxy groups -OCH3 is 1. The van der Waals surface area contributed by atoms with Gasteiger partial charge in [-0.05, 0) is 33.3 Å². The predicted molar refractivity (Wildman–Crippen MR) is 82.5 cm³/mol. The van der Waals surface area contributed by atoms with E-state index in [4.69, 9.17) is 4.74 Å². The molecule has 6 heteroatoms. The summed E-state index contributed by atoms with van der Waals surface area (Å²) in [6.45, 7) is 9.20. The Balaban J connectivity index is 2.18. The molecule has 0 spiro atoms. The first-order valence-electron chi connectivity index (χ1n) is 6.59. The van der Waals surface area contributed by atoms with E-state index in [0.717, 1.165) is 15.3 Å². The third-order valence-electron chi connectivity index (χ3n) is 3.48. The van der Waals surface area contributed by atoms with Gasteiger partial charge in [0.1, 0.15) is 10.7 Å². The fraction of sp³-hybridized carbons (Fsp3) is 0.571. The van der Waals surface area contributed by atoms with Crippen molar-refractivity contribution < 1.29 is 4.74 Å². The molecule has 0 aliphatic heterocycles. The first kappa shape index (κ1) is 15.2. The number of nitrogens with zero attached hydrogens (tertiary/aromatic N) is 1. The Labute approximate surface area is 122 Å². The van der Waals surface area contributed by atoms with E-state index in [1.54, 1.807) is 18.4 Å². The van der Waals surface area contributed by atoms with Gasteiger partial charge in [0.15, 0.2) is 0 Å². The van der Waals surface area contributed by atoms with Crippen LogP contribution in [0.5, 0.6) is 0 Å². The van der Waals surface area contributed by atoms with E-state index >= 15 is 0 Å². The largest absolute Gasteiger partial charge is 0.377 e. The fourth-order valence-electron chi connectivity index (χ4n) is 1.94. The van der Waals surface area contributed by atoms with E-state index in [2.05, 4.69) is 15.3 Å². The van der Waals surface area contributed by atoms with Crippen LogP contribution in [0.25, 0.3) is 10.2 Å². The zero-order valence-corrected chi connectivity index (χ0v) is 13.4. The van der Waals surface area contributed by atoms with E-state index in [-0.39, 0.29) is 11.2 Å². The summed E-state index contributed by atoms with van der Waals surface area (Å²) in [7, 11) is 1.69. The van der Waals surface area contributed by atoms with Crippen molar-refractivity contribution in [1.82, 2.24) is 15.3 Å². The lowest BCUT2D eigenvalue weighted by molar-refractivity contribution is 0.0229. The second-order valence-corrected chi connectivity index (χ2v) is 6.75. The zero-order valence-electron chi connectivity index (χ0n) is 12.6. The third kappa shape index (κ3) is 3.08. The standard InChI is InChI=1S/C14H21N3O2S/c1-8-9(2)20-13-11(8)12(18)16-10(17-13)6-15-7-14(3,4)19-5/h15H,6-7H2,1-5H3,(H,16,17,18). The van der Waals surface area contributed by atoms with Crippen LogP contribution in [0.2, 0.25) is 0 Å². The molecular weight excluding hydrogens is 274 g/mol. The monoisotopic (exact) mass is 295 g/mol. The molecule has 0 radical (unpaired) electrons. The van der Waals surface area contributed by atoms with Crippen molar-refractivity contribution in [2.24, 2.45) is 0 Å². The molecule has 0 saturated heterocycles. The van der Waals surface area contributed by atoms with Crippen LogP contribution in [0.3, 0.4) is 0 Å². The molecule has 0 fully saturated rings. The van der Waals surface area contributed by atoms with Crippen LogP contribution in [-0.4, -0.2) is 29.2 Å². The highest BCUT2D eigenvalue weighted by atomic mass is 32.1. The highest BCUT2D eigenvalue weighted by Crippen LogP contribution is 2.25. The second kappa shape index (κ2) is 5.63. The second-order valence-electron chi connectivity index (χ2n) is 5.54. The summed E-state index contributed by atoms with van der Waals surface area (Å²) in [5.41, 5.74) is 0.735. The predicted octanol–water partition coefficient (Wildman–Crippen LogP) is 2.12. The number of ether oxygens (including phenoxy) is 1. The number of hydrogen-bond donors (Lipinski definition) is 2. The Morgan fingerprint density at radius 3 is 2.75 bits per heavy atom. The summed E-state index contributed by atoms with van der Waals surface area (Å²) >= 11 is 1.57. The summed E-state index contributed by atoms with van der Waals surface area (Å²) in [5, 5.41) is 3.97. The number of nitrogens with one attached hydrogen (secondary N) is 2. The van der Waals surface area contributed by atoms with Crippen LogP contribution >= 0.6 is 11.3 Å². The minimum atomic E-state index is -0.236. The van der Waals surface area contributed by atoms with Crippen molar-refractivity contribution >= 4 is 21.6 Å². The molecule has 0 aliphatic carbocycles. The number of aromatic amines is 1. The molecule has 2 aromatic heterocycles. The normalized spacial score (nSPS) is 12.2. The number of thiophene rings is 1. The Morgan fingerprint density at radius 2 is 2.10 bits per heavy atom. The highest BCUT2D eigenvalue weighted by Gasteiger charge is 2.16. The van der Waals surface area contributed by atoms with Crippen LogP contribution in [0.1, 0.15) is 30.1 Å². The van der Waals surface area contributed by atoms with Crippen LogP contribution in [-0.2, 0) is 11.3 Å². The van der Waals surface area contributed by atoms with Gasteiger partial charge in [-0.15, -0.1) is 11.3 Å². The van der Waals surface area contributed by atoms with Gasteiger partial charge < -0.3 is 15.0 Å². The summed E-state index contributed by atoms with van der Waals surface area (Å²) in [6, 6.07) is 0. The van der Waals surface area contributed by atoms with E-state index in [1.165, 1.54) is 0 Å². The van der Waals surface area contributed by atoms with Gasteiger partial charge in [-0.3, -0.25) is 4.79 Å². The minimum Gasteiger partial charge on any atom is -0.377 e. The van der Waals surface area contributed by atoms with Crippen LogP contribution < -0.4 is 10.9 Å². The van der Waals surface area contributed by atoms with Crippen LogP contribution in [0.4, 0.5) is 0 Å². The number of H-pyrrole nitrogens is 1. The van der Waals surface area contributed by atoms with Gasteiger partial charge in [0, 0.05) is 18.5 Å². The first-order valence-corrected chi connectivity index (χ1v) is 7.40. The Bertz CT molecular complexity index is 673. The SMILES string of the molecule is COC(C)(C)CNCc1nc2sc(C)c(C)c2c(=O)[nH]1. The maximum Gasteiger partial charge on any atom is 0.259 e. The molecule has 5 nitrogen and oxygen atoms in total. The zero-order chi connectivity index (χ0) is 14.9. The molecule has 110 valence electrons. The molecular formula is C14H21N3O2S. The quantitative estimate of drug-likeness (QED) is 0.886. The summed E-state index contributed by atoms with van der Waals surface area (Å²) < 4.78 is 5.34. The molecule has 20 heavy (non-hydrogen) atoms. The van der Waals surface area contributed by atoms with Crippen molar-refractivity contribution in [3.63, 3.8) is 0 Å². The topological polar surface area (TPSA) is 67.0 Å². The molecule has 0 atom stereocenters. The maximum atomic E-state index is 12.1. The van der Waals surface area contributed by atoms with Gasteiger partial charge >= 0.3 is 0 Å². The molecule has 2 heterocycles.